The number of nitrogen functional groups attached to an aromatic ring is 1. The lowest BCUT2D eigenvalue weighted by atomic mass is 9.91. The zero-order chi connectivity index (χ0) is 17.4. The van der Waals surface area contributed by atoms with Gasteiger partial charge in [-0.05, 0) is 47.5 Å². The highest BCUT2D eigenvalue weighted by Gasteiger charge is 2.16. The first-order valence-electron chi connectivity index (χ1n) is 8.71. The molecule has 25 heavy (non-hydrogen) atoms. The number of rotatable bonds is 3. The van der Waals surface area contributed by atoms with Crippen LogP contribution in [0.4, 0.5) is 11.4 Å². The Kier molecular flexibility index (Phi) is 3.81. The van der Waals surface area contributed by atoms with E-state index in [-0.39, 0.29) is 0 Å². The molecule has 3 N–H and O–H groups in total. The minimum Gasteiger partial charge on any atom is -0.398 e. The molecule has 0 spiro atoms. The molecular formula is C23H22N2. The first-order valence-corrected chi connectivity index (χ1v) is 8.71. The first kappa shape index (κ1) is 15.5. The third kappa shape index (κ3) is 2.70. The molecule has 0 aliphatic carbocycles. The lowest BCUT2D eigenvalue weighted by Crippen LogP contribution is -2.11. The molecule has 2 heteroatoms. The lowest BCUT2D eigenvalue weighted by Gasteiger charge is -2.20. The monoisotopic (exact) mass is 326 g/mol. The fraction of sp³-hybridized carbons (Fsp3) is 0.130. The summed E-state index contributed by atoms with van der Waals surface area (Å²) in [6.45, 7) is 4.32. The Balaban J connectivity index is 2.15. The molecule has 0 amide bonds. The largest absolute Gasteiger partial charge is 0.398 e. The van der Waals surface area contributed by atoms with Crippen molar-refractivity contribution in [2.45, 2.75) is 19.9 Å². The van der Waals surface area contributed by atoms with Gasteiger partial charge in [0.2, 0.25) is 0 Å². The summed E-state index contributed by atoms with van der Waals surface area (Å²) < 4.78 is 0. The quantitative estimate of drug-likeness (QED) is 0.449. The van der Waals surface area contributed by atoms with E-state index < -0.39 is 0 Å². The van der Waals surface area contributed by atoms with Crippen LogP contribution in [0.5, 0.6) is 0 Å². The summed E-state index contributed by atoms with van der Waals surface area (Å²) in [5, 5.41) is 8.43. The van der Waals surface area contributed by atoms with Gasteiger partial charge in [-0.2, -0.15) is 0 Å². The molecule has 0 saturated heterocycles. The normalized spacial score (nSPS) is 11.3. The van der Waals surface area contributed by atoms with E-state index >= 15 is 0 Å². The number of hydrogen-bond donors (Lipinski definition) is 2. The van der Waals surface area contributed by atoms with Gasteiger partial charge in [-0.25, -0.2) is 0 Å². The van der Waals surface area contributed by atoms with Crippen LogP contribution in [0.1, 0.15) is 13.8 Å². The Hall–Kier alpha value is -3.00. The second-order valence-electron chi connectivity index (χ2n) is 6.76. The Labute approximate surface area is 148 Å². The van der Waals surface area contributed by atoms with Crippen molar-refractivity contribution in [3.05, 3.63) is 72.8 Å². The predicted octanol–water partition coefficient (Wildman–Crippen LogP) is 6.06. The fourth-order valence-corrected chi connectivity index (χ4v) is 3.54. The molecule has 0 bridgehead atoms. The fourth-order valence-electron chi connectivity index (χ4n) is 3.54. The molecule has 2 nitrogen and oxygen atoms in total. The summed E-state index contributed by atoms with van der Waals surface area (Å²) in [5.41, 5.74) is 10.7. The maximum absolute atomic E-state index is 6.48. The molecule has 4 aromatic carbocycles. The Morgan fingerprint density at radius 2 is 1.24 bits per heavy atom. The SMILES string of the molecule is CC(C)Nc1ccc2ccccc2c1-c1c(N)ccc2ccccc12. The van der Waals surface area contributed by atoms with Gasteiger partial charge in [0.1, 0.15) is 0 Å². The van der Waals surface area contributed by atoms with E-state index in [1.165, 1.54) is 27.1 Å². The van der Waals surface area contributed by atoms with E-state index in [1.54, 1.807) is 0 Å². The van der Waals surface area contributed by atoms with Crippen LogP contribution in [0.25, 0.3) is 32.7 Å². The van der Waals surface area contributed by atoms with E-state index in [9.17, 15) is 0 Å². The summed E-state index contributed by atoms with van der Waals surface area (Å²) >= 11 is 0. The van der Waals surface area contributed by atoms with Gasteiger partial charge in [0.15, 0.2) is 0 Å². The van der Waals surface area contributed by atoms with Crippen molar-refractivity contribution in [3.63, 3.8) is 0 Å². The molecule has 0 aromatic heterocycles. The van der Waals surface area contributed by atoms with Crippen LogP contribution in [0, 0.1) is 0 Å². The van der Waals surface area contributed by atoms with E-state index in [1.807, 2.05) is 6.07 Å². The molecule has 0 radical (unpaired) electrons. The van der Waals surface area contributed by atoms with Crippen molar-refractivity contribution in [3.8, 4) is 11.1 Å². The van der Waals surface area contributed by atoms with Crippen LogP contribution in [0.3, 0.4) is 0 Å². The van der Waals surface area contributed by atoms with Crippen LogP contribution >= 0.6 is 0 Å². The Bertz CT molecular complexity index is 1060. The maximum Gasteiger partial charge on any atom is 0.0429 e. The van der Waals surface area contributed by atoms with Gasteiger partial charge >= 0.3 is 0 Å². The zero-order valence-corrected chi connectivity index (χ0v) is 14.6. The van der Waals surface area contributed by atoms with Crippen LogP contribution < -0.4 is 11.1 Å². The summed E-state index contributed by atoms with van der Waals surface area (Å²) in [7, 11) is 0. The van der Waals surface area contributed by atoms with Gasteiger partial charge < -0.3 is 11.1 Å². The molecule has 124 valence electrons. The summed E-state index contributed by atoms with van der Waals surface area (Å²) in [6.07, 6.45) is 0. The van der Waals surface area contributed by atoms with E-state index in [0.717, 1.165) is 16.9 Å². The molecule has 4 aromatic rings. The van der Waals surface area contributed by atoms with Gasteiger partial charge in [0.25, 0.3) is 0 Å². The summed E-state index contributed by atoms with van der Waals surface area (Å²) in [4.78, 5) is 0. The highest BCUT2D eigenvalue weighted by Crippen LogP contribution is 2.42. The summed E-state index contributed by atoms with van der Waals surface area (Å²) in [5.74, 6) is 0. The van der Waals surface area contributed by atoms with Crippen LogP contribution in [0.2, 0.25) is 0 Å². The molecule has 0 aliphatic heterocycles. The molecule has 0 atom stereocenters. The third-order valence-electron chi connectivity index (χ3n) is 4.58. The van der Waals surface area contributed by atoms with Crippen molar-refractivity contribution in [2.24, 2.45) is 0 Å². The standard InChI is InChI=1S/C23H22N2/c1-15(2)25-21-14-12-17-8-4-6-10-19(17)23(21)22-18-9-5-3-7-16(18)11-13-20(22)24/h3-15,25H,24H2,1-2H3. The van der Waals surface area contributed by atoms with Gasteiger partial charge in [-0.1, -0.05) is 60.7 Å². The Morgan fingerprint density at radius 1 is 0.680 bits per heavy atom. The highest BCUT2D eigenvalue weighted by atomic mass is 14.9. The van der Waals surface area contributed by atoms with Gasteiger partial charge in [-0.3, -0.25) is 0 Å². The van der Waals surface area contributed by atoms with Crippen molar-refractivity contribution in [1.29, 1.82) is 0 Å². The van der Waals surface area contributed by atoms with Gasteiger partial charge in [0.05, 0.1) is 0 Å². The second-order valence-corrected chi connectivity index (χ2v) is 6.76. The number of fused-ring (bicyclic) bond motifs is 2. The minimum absolute atomic E-state index is 0.344. The molecule has 4 rings (SSSR count). The van der Waals surface area contributed by atoms with Gasteiger partial charge in [0, 0.05) is 28.5 Å². The number of hydrogen-bond acceptors (Lipinski definition) is 2. The van der Waals surface area contributed by atoms with Crippen LogP contribution in [-0.4, -0.2) is 6.04 Å². The van der Waals surface area contributed by atoms with Crippen LogP contribution in [-0.2, 0) is 0 Å². The van der Waals surface area contributed by atoms with E-state index in [0.29, 0.717) is 6.04 Å². The topological polar surface area (TPSA) is 38.0 Å². The van der Waals surface area contributed by atoms with Gasteiger partial charge in [-0.15, -0.1) is 0 Å². The van der Waals surface area contributed by atoms with Crippen LogP contribution in [0.15, 0.2) is 72.8 Å². The highest BCUT2D eigenvalue weighted by molar-refractivity contribution is 6.13. The maximum atomic E-state index is 6.48. The van der Waals surface area contributed by atoms with E-state index in [2.05, 4.69) is 85.9 Å². The minimum atomic E-state index is 0.344. The predicted molar refractivity (Wildman–Crippen MR) is 110 cm³/mol. The molecule has 0 aliphatic rings. The summed E-state index contributed by atoms with van der Waals surface area (Å²) in [6, 6.07) is 25.7. The number of anilines is 2. The number of benzene rings is 4. The zero-order valence-electron chi connectivity index (χ0n) is 14.6. The lowest BCUT2D eigenvalue weighted by molar-refractivity contribution is 0.901. The van der Waals surface area contributed by atoms with E-state index in [4.69, 9.17) is 5.73 Å². The van der Waals surface area contributed by atoms with Crippen molar-refractivity contribution >= 4 is 32.9 Å². The number of nitrogens with two attached hydrogens (primary N) is 1. The average molecular weight is 326 g/mol. The Morgan fingerprint density at radius 3 is 1.88 bits per heavy atom. The number of nitrogens with one attached hydrogen (secondary N) is 1. The molecule has 0 heterocycles. The average Bonchev–Trinajstić information content (AvgIpc) is 2.62. The van der Waals surface area contributed by atoms with Crippen molar-refractivity contribution in [2.75, 3.05) is 11.1 Å². The molecule has 0 fully saturated rings. The first-order chi connectivity index (χ1) is 12.1. The van der Waals surface area contributed by atoms with Crippen molar-refractivity contribution in [1.82, 2.24) is 0 Å². The molecule has 0 unspecified atom stereocenters. The smallest absolute Gasteiger partial charge is 0.0429 e. The van der Waals surface area contributed by atoms with Crippen molar-refractivity contribution < 1.29 is 0 Å². The second kappa shape index (κ2) is 6.14. The third-order valence-corrected chi connectivity index (χ3v) is 4.58. The molecular weight excluding hydrogens is 304 g/mol. The molecule has 0 saturated carbocycles.